The quantitative estimate of drug-likeness (QED) is 0.795. The van der Waals surface area contributed by atoms with Crippen molar-refractivity contribution in [1.82, 2.24) is 19.8 Å². The molecule has 2 fully saturated rings. The molecule has 2 aromatic rings. The van der Waals surface area contributed by atoms with Crippen molar-refractivity contribution in [2.24, 2.45) is 5.92 Å². The summed E-state index contributed by atoms with van der Waals surface area (Å²) in [4.78, 5) is 32.8. The lowest BCUT2D eigenvalue weighted by Crippen LogP contribution is -2.51. The largest absolute Gasteiger partial charge is 0.496 e. The van der Waals surface area contributed by atoms with Crippen LogP contribution in [-0.4, -0.2) is 51.5 Å². The van der Waals surface area contributed by atoms with Gasteiger partial charge in [-0.15, -0.1) is 0 Å². The summed E-state index contributed by atoms with van der Waals surface area (Å²) in [7, 11) is 1.57. The summed E-state index contributed by atoms with van der Waals surface area (Å²) in [5, 5.41) is 3.12. The van der Waals surface area contributed by atoms with Crippen molar-refractivity contribution in [3.05, 3.63) is 48.5 Å². The molecule has 1 saturated heterocycles. The summed E-state index contributed by atoms with van der Waals surface area (Å²) in [5.41, 5.74) is 0.524. The molecule has 0 radical (unpaired) electrons. The predicted molar refractivity (Wildman–Crippen MR) is 113 cm³/mol. The van der Waals surface area contributed by atoms with Gasteiger partial charge in [-0.1, -0.05) is 25.0 Å². The lowest BCUT2D eigenvalue weighted by molar-refractivity contribution is -0.125. The zero-order valence-corrected chi connectivity index (χ0v) is 17.7. The number of para-hydroxylation sites is 1. The van der Waals surface area contributed by atoms with Crippen LogP contribution in [0.1, 0.15) is 49.4 Å². The molecule has 0 spiro atoms. The van der Waals surface area contributed by atoms with Crippen LogP contribution in [0.4, 0.5) is 0 Å². The number of carbonyl (C=O) groups excluding carboxylic acids is 2. The van der Waals surface area contributed by atoms with Gasteiger partial charge in [0, 0.05) is 31.0 Å². The zero-order valence-electron chi connectivity index (χ0n) is 17.7. The fourth-order valence-electron chi connectivity index (χ4n) is 5.04. The van der Waals surface area contributed by atoms with Crippen LogP contribution in [0.15, 0.2) is 43.0 Å². The molecule has 1 aromatic heterocycles. The Morgan fingerprint density at radius 3 is 2.83 bits per heavy atom. The average Bonchev–Trinajstić information content (AvgIpc) is 3.40. The van der Waals surface area contributed by atoms with E-state index in [0.717, 1.165) is 25.7 Å². The first-order chi connectivity index (χ1) is 14.6. The number of rotatable bonds is 6. The highest BCUT2D eigenvalue weighted by molar-refractivity contribution is 6.00. The van der Waals surface area contributed by atoms with Crippen LogP contribution in [0, 0.1) is 5.92 Å². The highest BCUT2D eigenvalue weighted by Crippen LogP contribution is 2.41. The number of hydrogen-bond donors (Lipinski definition) is 1. The van der Waals surface area contributed by atoms with Gasteiger partial charge >= 0.3 is 0 Å². The molecule has 1 N–H and O–H groups in total. The Bertz CT molecular complexity index is 882. The Hall–Kier alpha value is -2.83. The van der Waals surface area contributed by atoms with Gasteiger partial charge in [-0.2, -0.15) is 0 Å². The summed E-state index contributed by atoms with van der Waals surface area (Å²) in [5.74, 6) is 0.760. The zero-order chi connectivity index (χ0) is 21.1. The molecule has 7 nitrogen and oxygen atoms in total. The van der Waals surface area contributed by atoms with Gasteiger partial charge in [0.25, 0.3) is 5.91 Å². The van der Waals surface area contributed by atoms with Crippen molar-refractivity contribution < 1.29 is 14.3 Å². The number of nitrogens with zero attached hydrogens (tertiary/aromatic N) is 3. The molecule has 1 aliphatic heterocycles. The number of nitrogens with one attached hydrogen (secondary N) is 1. The minimum atomic E-state index is -0.444. The van der Waals surface area contributed by atoms with E-state index in [1.165, 1.54) is 6.42 Å². The average molecular weight is 411 g/mol. The minimum absolute atomic E-state index is 0.0578. The number of carbonyl (C=O) groups is 2. The molecule has 30 heavy (non-hydrogen) atoms. The molecular formula is C23H30N4O3. The van der Waals surface area contributed by atoms with Crippen molar-refractivity contribution in [2.45, 2.75) is 63.7 Å². The van der Waals surface area contributed by atoms with E-state index in [1.54, 1.807) is 31.8 Å². The maximum Gasteiger partial charge on any atom is 0.258 e. The van der Waals surface area contributed by atoms with E-state index in [9.17, 15) is 9.59 Å². The second-order valence-electron chi connectivity index (χ2n) is 8.45. The van der Waals surface area contributed by atoms with Crippen LogP contribution in [0.25, 0.3) is 0 Å². The second-order valence-corrected chi connectivity index (χ2v) is 8.45. The van der Waals surface area contributed by atoms with E-state index < -0.39 is 6.04 Å². The topological polar surface area (TPSA) is 76.5 Å². The van der Waals surface area contributed by atoms with Crippen molar-refractivity contribution in [2.75, 3.05) is 7.11 Å². The van der Waals surface area contributed by atoms with E-state index in [0.29, 0.717) is 23.8 Å². The highest BCUT2D eigenvalue weighted by atomic mass is 16.5. The van der Waals surface area contributed by atoms with Crippen LogP contribution < -0.4 is 10.1 Å². The molecule has 2 aliphatic rings. The van der Waals surface area contributed by atoms with Crippen molar-refractivity contribution >= 4 is 11.8 Å². The molecule has 2 amide bonds. The predicted octanol–water partition coefficient (Wildman–Crippen LogP) is 2.87. The summed E-state index contributed by atoms with van der Waals surface area (Å²) in [6.45, 7) is 2.62. The lowest BCUT2D eigenvalue weighted by atomic mass is 9.84. The smallest absolute Gasteiger partial charge is 0.258 e. The number of fused-ring (bicyclic) bond motifs is 1. The number of hydrogen-bond acceptors (Lipinski definition) is 4. The number of benzene rings is 1. The molecule has 4 rings (SSSR count). The third-order valence-electron chi connectivity index (χ3n) is 6.40. The van der Waals surface area contributed by atoms with Gasteiger partial charge < -0.3 is 19.5 Å². The highest BCUT2D eigenvalue weighted by Gasteiger charge is 2.48. The first kappa shape index (κ1) is 20.4. The third kappa shape index (κ3) is 4.06. The van der Waals surface area contributed by atoms with Gasteiger partial charge in [-0.05, 0) is 44.2 Å². The number of methoxy groups -OCH3 is 1. The Morgan fingerprint density at radius 2 is 2.07 bits per heavy atom. The normalized spacial score (nSPS) is 24.2. The third-order valence-corrected chi connectivity index (χ3v) is 6.40. The maximum atomic E-state index is 13.6. The molecule has 0 bridgehead atoms. The van der Waals surface area contributed by atoms with Gasteiger partial charge in [-0.3, -0.25) is 9.59 Å². The molecule has 0 unspecified atom stereocenters. The van der Waals surface area contributed by atoms with Crippen LogP contribution in [0.2, 0.25) is 0 Å². The Balaban J connectivity index is 1.55. The molecular weight excluding hydrogens is 380 g/mol. The van der Waals surface area contributed by atoms with Crippen LogP contribution in [0.3, 0.4) is 0 Å². The number of ether oxygens (including phenoxy) is 1. The molecule has 1 saturated carbocycles. The number of amides is 2. The van der Waals surface area contributed by atoms with E-state index in [2.05, 4.69) is 10.3 Å². The first-order valence-corrected chi connectivity index (χ1v) is 10.8. The number of likely N-dealkylation sites (tertiary alicyclic amines) is 1. The number of aromatic nitrogens is 2. The summed E-state index contributed by atoms with van der Waals surface area (Å²) < 4.78 is 7.37. The molecule has 2 heterocycles. The van der Waals surface area contributed by atoms with Crippen molar-refractivity contribution in [1.29, 1.82) is 0 Å². The molecule has 4 atom stereocenters. The maximum absolute atomic E-state index is 13.6. The van der Waals surface area contributed by atoms with E-state index in [-0.39, 0.29) is 23.9 Å². The molecule has 1 aromatic carbocycles. The van der Waals surface area contributed by atoms with Crippen molar-refractivity contribution in [3.63, 3.8) is 0 Å². The van der Waals surface area contributed by atoms with E-state index in [4.69, 9.17) is 4.74 Å². The van der Waals surface area contributed by atoms with E-state index >= 15 is 0 Å². The molecule has 160 valence electrons. The summed E-state index contributed by atoms with van der Waals surface area (Å²) in [6, 6.07) is 6.89. The standard InChI is InChI=1S/C23H30N4O3/c1-16(14-26-12-11-24-15-26)25-22(28)20-13-17-7-3-5-9-19(17)27(20)23(29)18-8-4-6-10-21(18)30-2/h4,6,8,10-12,15-17,19-20H,3,5,7,9,13-14H2,1-2H3,(H,25,28)/t16-,17-,19-,20+/m1/s1. The summed E-state index contributed by atoms with van der Waals surface area (Å²) in [6.07, 6.45) is 10.4. The van der Waals surface area contributed by atoms with Gasteiger partial charge in [0.15, 0.2) is 0 Å². The fraction of sp³-hybridized carbons (Fsp3) is 0.522. The van der Waals surface area contributed by atoms with E-state index in [1.807, 2.05) is 34.7 Å². The van der Waals surface area contributed by atoms with Gasteiger partial charge in [0.2, 0.25) is 5.91 Å². The summed E-state index contributed by atoms with van der Waals surface area (Å²) >= 11 is 0. The monoisotopic (exact) mass is 410 g/mol. The van der Waals surface area contributed by atoms with Gasteiger partial charge in [0.1, 0.15) is 11.8 Å². The first-order valence-electron chi connectivity index (χ1n) is 10.8. The number of imidazole rings is 1. The molecule has 1 aliphatic carbocycles. The van der Waals surface area contributed by atoms with Crippen LogP contribution in [-0.2, 0) is 11.3 Å². The van der Waals surface area contributed by atoms with Crippen LogP contribution in [0.5, 0.6) is 5.75 Å². The van der Waals surface area contributed by atoms with Crippen LogP contribution >= 0.6 is 0 Å². The Morgan fingerprint density at radius 1 is 1.27 bits per heavy atom. The Kier molecular flexibility index (Phi) is 6.06. The molecule has 7 heteroatoms. The SMILES string of the molecule is COc1ccccc1C(=O)N1[C@@H]2CCCC[C@@H]2C[C@H]1C(=O)N[C@H](C)Cn1ccnc1. The lowest BCUT2D eigenvalue weighted by Gasteiger charge is -2.34. The minimum Gasteiger partial charge on any atom is -0.496 e. The second kappa shape index (κ2) is 8.90. The Labute approximate surface area is 177 Å². The van der Waals surface area contributed by atoms with Gasteiger partial charge in [0.05, 0.1) is 19.0 Å². The van der Waals surface area contributed by atoms with Crippen molar-refractivity contribution in [3.8, 4) is 5.75 Å². The fourth-order valence-corrected chi connectivity index (χ4v) is 5.04. The van der Waals surface area contributed by atoms with Gasteiger partial charge in [-0.25, -0.2) is 4.98 Å².